The molecule has 0 radical (unpaired) electrons. The Morgan fingerprint density at radius 2 is 2.29 bits per heavy atom. The fourth-order valence-electron chi connectivity index (χ4n) is 1.02. The summed E-state index contributed by atoms with van der Waals surface area (Å²) in [6.45, 7) is 0.625. The van der Waals surface area contributed by atoms with Crippen molar-refractivity contribution in [1.29, 1.82) is 10.8 Å². The number of guanidine groups is 2. The Hall–Kier alpha value is -1.98. The summed E-state index contributed by atoms with van der Waals surface area (Å²) in [4.78, 5) is 3.05. The molecule has 1 aromatic rings. The molecule has 0 aromatic carbocycles. The maximum Gasteiger partial charge on any atom is 0.195 e. The molecule has 0 aliphatic heterocycles. The van der Waals surface area contributed by atoms with Gasteiger partial charge in [-0.1, -0.05) is 0 Å². The van der Waals surface area contributed by atoms with Crippen LogP contribution in [0.25, 0.3) is 0 Å². The molecule has 7 N–H and O–H groups in total. The minimum atomic E-state index is -0.234. The van der Waals surface area contributed by atoms with Crippen molar-refractivity contribution in [3.63, 3.8) is 0 Å². The molecular weight excluding hydrogens is 180 g/mol. The Morgan fingerprint density at radius 1 is 1.50 bits per heavy atom. The van der Waals surface area contributed by atoms with Gasteiger partial charge in [-0.3, -0.25) is 16.1 Å². The first-order chi connectivity index (χ1) is 6.68. The normalized spacial score (nSPS) is 9.43. The van der Waals surface area contributed by atoms with Gasteiger partial charge in [-0.25, -0.2) is 0 Å². The second kappa shape index (κ2) is 4.90. The van der Waals surface area contributed by atoms with E-state index < -0.39 is 0 Å². The molecule has 0 spiro atoms. The number of aromatic amines is 1. The van der Waals surface area contributed by atoms with Gasteiger partial charge in [0.2, 0.25) is 0 Å². The van der Waals surface area contributed by atoms with Gasteiger partial charge in [-0.05, 0) is 12.1 Å². The predicted molar refractivity (Wildman–Crippen MR) is 55.3 cm³/mol. The Labute approximate surface area is 81.9 Å². The third-order valence-electron chi connectivity index (χ3n) is 1.62. The van der Waals surface area contributed by atoms with Crippen LogP contribution in [0.3, 0.4) is 0 Å². The monoisotopic (exact) mass is 194 g/mol. The van der Waals surface area contributed by atoms with Crippen LogP contribution in [0, 0.1) is 10.8 Å². The van der Waals surface area contributed by atoms with Crippen LogP contribution < -0.4 is 16.4 Å². The van der Waals surface area contributed by atoms with Gasteiger partial charge >= 0.3 is 0 Å². The molecule has 0 saturated heterocycles. The molecule has 0 aliphatic rings. The number of H-pyrrole nitrogens is 1. The first-order valence-electron chi connectivity index (χ1n) is 4.24. The van der Waals surface area contributed by atoms with Crippen LogP contribution in [-0.2, 0) is 6.42 Å². The van der Waals surface area contributed by atoms with Crippen molar-refractivity contribution in [2.75, 3.05) is 6.54 Å². The van der Waals surface area contributed by atoms with Crippen molar-refractivity contribution >= 4 is 11.9 Å². The Kier molecular flexibility index (Phi) is 3.54. The molecule has 0 unspecified atom stereocenters. The van der Waals surface area contributed by atoms with Gasteiger partial charge in [0.25, 0.3) is 0 Å². The van der Waals surface area contributed by atoms with E-state index in [2.05, 4.69) is 15.6 Å². The zero-order chi connectivity index (χ0) is 10.4. The number of nitrogens with two attached hydrogens (primary N) is 1. The number of aromatic nitrogens is 1. The molecule has 0 aliphatic carbocycles. The highest BCUT2D eigenvalue weighted by Gasteiger charge is 1.96. The molecule has 0 bridgehead atoms. The van der Waals surface area contributed by atoms with Crippen LogP contribution in [0.1, 0.15) is 5.69 Å². The van der Waals surface area contributed by atoms with Crippen molar-refractivity contribution in [1.82, 2.24) is 15.6 Å². The quantitative estimate of drug-likeness (QED) is 0.290. The molecule has 0 saturated carbocycles. The van der Waals surface area contributed by atoms with E-state index in [1.807, 2.05) is 18.3 Å². The Balaban J connectivity index is 2.15. The van der Waals surface area contributed by atoms with Crippen LogP contribution >= 0.6 is 0 Å². The molecule has 0 amide bonds. The Bertz CT molecular complexity index is 302. The summed E-state index contributed by atoms with van der Waals surface area (Å²) in [5.74, 6) is -0.188. The van der Waals surface area contributed by atoms with Crippen LogP contribution in [0.4, 0.5) is 0 Å². The fourth-order valence-corrected chi connectivity index (χ4v) is 1.02. The summed E-state index contributed by atoms with van der Waals surface area (Å²) < 4.78 is 0. The molecule has 0 atom stereocenters. The molecule has 1 heterocycles. The van der Waals surface area contributed by atoms with E-state index in [4.69, 9.17) is 16.6 Å². The van der Waals surface area contributed by atoms with E-state index >= 15 is 0 Å². The molecule has 6 heteroatoms. The van der Waals surface area contributed by atoms with E-state index in [0.717, 1.165) is 12.1 Å². The molecule has 1 rings (SSSR count). The van der Waals surface area contributed by atoms with E-state index in [0.29, 0.717) is 6.54 Å². The van der Waals surface area contributed by atoms with Gasteiger partial charge < -0.3 is 16.0 Å². The zero-order valence-electron chi connectivity index (χ0n) is 7.72. The maximum absolute atomic E-state index is 7.29. The first-order valence-corrected chi connectivity index (χ1v) is 4.24. The summed E-state index contributed by atoms with van der Waals surface area (Å²) in [5, 5.41) is 19.3. The lowest BCUT2D eigenvalue weighted by atomic mass is 10.3. The summed E-state index contributed by atoms with van der Waals surface area (Å²) >= 11 is 0. The highest BCUT2D eigenvalue weighted by Crippen LogP contribution is 1.93. The zero-order valence-corrected chi connectivity index (χ0v) is 7.72. The molecular formula is C8H14N6. The summed E-state index contributed by atoms with van der Waals surface area (Å²) in [6, 6.07) is 3.90. The van der Waals surface area contributed by atoms with Crippen LogP contribution in [0.15, 0.2) is 18.3 Å². The minimum Gasteiger partial charge on any atom is -0.370 e. The predicted octanol–water partition coefficient (Wildman–Crippen LogP) is -0.435. The SMILES string of the molecule is N=C(N)NC(=N)NCCc1ccc[nH]1. The van der Waals surface area contributed by atoms with Gasteiger partial charge in [0.15, 0.2) is 11.9 Å². The highest BCUT2D eigenvalue weighted by atomic mass is 15.2. The summed E-state index contributed by atoms with van der Waals surface area (Å²) in [7, 11) is 0. The van der Waals surface area contributed by atoms with Gasteiger partial charge in [-0.2, -0.15) is 0 Å². The average Bonchev–Trinajstić information content (AvgIpc) is 2.55. The number of hydrogen-bond acceptors (Lipinski definition) is 2. The van der Waals surface area contributed by atoms with Gasteiger partial charge in [0, 0.05) is 24.9 Å². The van der Waals surface area contributed by atoms with Crippen LogP contribution in [-0.4, -0.2) is 23.4 Å². The van der Waals surface area contributed by atoms with Gasteiger partial charge in [0.05, 0.1) is 0 Å². The smallest absolute Gasteiger partial charge is 0.195 e. The maximum atomic E-state index is 7.29. The van der Waals surface area contributed by atoms with E-state index in [1.165, 1.54) is 0 Å². The fraction of sp³-hybridized carbons (Fsp3) is 0.250. The highest BCUT2D eigenvalue weighted by molar-refractivity contribution is 5.94. The second-order valence-electron chi connectivity index (χ2n) is 2.79. The molecule has 14 heavy (non-hydrogen) atoms. The lowest BCUT2D eigenvalue weighted by molar-refractivity contribution is 0.826. The van der Waals surface area contributed by atoms with E-state index in [-0.39, 0.29) is 11.9 Å². The van der Waals surface area contributed by atoms with E-state index in [9.17, 15) is 0 Å². The minimum absolute atomic E-state index is 0.0454. The van der Waals surface area contributed by atoms with Crippen molar-refractivity contribution in [2.45, 2.75) is 6.42 Å². The lowest BCUT2D eigenvalue weighted by Gasteiger charge is -2.07. The standard InChI is InChI=1S/C8H14N6/c9-7(10)14-8(11)13-5-3-6-2-1-4-12-6/h1-2,4,12H,3,5H2,(H6,9,10,11,13,14). The van der Waals surface area contributed by atoms with Crippen molar-refractivity contribution < 1.29 is 0 Å². The summed E-state index contributed by atoms with van der Waals surface area (Å²) in [6.07, 6.45) is 2.66. The number of rotatable bonds is 3. The van der Waals surface area contributed by atoms with Crippen LogP contribution in [0.5, 0.6) is 0 Å². The molecule has 0 fully saturated rings. The van der Waals surface area contributed by atoms with Crippen LogP contribution in [0.2, 0.25) is 0 Å². The molecule has 6 nitrogen and oxygen atoms in total. The first kappa shape index (κ1) is 10.1. The van der Waals surface area contributed by atoms with Crippen molar-refractivity contribution in [2.24, 2.45) is 5.73 Å². The van der Waals surface area contributed by atoms with Gasteiger partial charge in [-0.15, -0.1) is 0 Å². The lowest BCUT2D eigenvalue weighted by Crippen LogP contribution is -2.43. The third-order valence-corrected chi connectivity index (χ3v) is 1.62. The third kappa shape index (κ3) is 3.61. The van der Waals surface area contributed by atoms with E-state index in [1.54, 1.807) is 0 Å². The van der Waals surface area contributed by atoms with Gasteiger partial charge in [0.1, 0.15) is 0 Å². The topological polar surface area (TPSA) is 114 Å². The largest absolute Gasteiger partial charge is 0.370 e. The average molecular weight is 194 g/mol. The van der Waals surface area contributed by atoms with Crippen molar-refractivity contribution in [3.05, 3.63) is 24.0 Å². The summed E-state index contributed by atoms with van der Waals surface area (Å²) in [5.41, 5.74) is 6.15. The number of nitrogens with one attached hydrogen (secondary N) is 5. The Morgan fingerprint density at radius 3 is 2.86 bits per heavy atom. The molecule has 1 aromatic heterocycles. The molecule has 76 valence electrons. The number of hydrogen-bond donors (Lipinski definition) is 6. The second-order valence-corrected chi connectivity index (χ2v) is 2.79. The van der Waals surface area contributed by atoms with Crippen molar-refractivity contribution in [3.8, 4) is 0 Å².